The minimum Gasteiger partial charge on any atom is -0.309 e. The molecule has 0 radical (unpaired) electrons. The highest BCUT2D eigenvalue weighted by Gasteiger charge is 2.19. The zero-order valence-corrected chi connectivity index (χ0v) is 32.0. The number of hydrogen-bond donors (Lipinski definition) is 0. The van der Waals surface area contributed by atoms with Crippen LogP contribution < -0.4 is 0 Å². The van der Waals surface area contributed by atoms with Crippen molar-refractivity contribution >= 4 is 59.0 Å². The summed E-state index contributed by atoms with van der Waals surface area (Å²) in [6.45, 7) is 8.10. The molecule has 0 atom stereocenters. The van der Waals surface area contributed by atoms with Gasteiger partial charge >= 0.3 is 0 Å². The van der Waals surface area contributed by atoms with Gasteiger partial charge in [-0.25, -0.2) is 14.8 Å². The van der Waals surface area contributed by atoms with Gasteiger partial charge in [-0.05, 0) is 64.7 Å². The monoisotopic (exact) mass is 756 g/mol. The third-order valence-corrected chi connectivity index (χ3v) is 12.2. The van der Waals surface area contributed by atoms with E-state index in [0.29, 0.717) is 11.5 Å². The van der Waals surface area contributed by atoms with E-state index < -0.39 is 0 Å². The molecule has 8 aromatic carbocycles. The molecule has 58 heavy (non-hydrogen) atoms. The summed E-state index contributed by atoms with van der Waals surface area (Å²) in [4.78, 5) is 14.4. The van der Waals surface area contributed by atoms with Crippen molar-refractivity contribution in [1.29, 1.82) is 0 Å². The number of para-hydroxylation sites is 2. The number of nitrogens with zero attached hydrogens (tertiary/aromatic N) is 4. The van der Waals surface area contributed by atoms with Gasteiger partial charge in [0.1, 0.15) is 0 Å². The van der Waals surface area contributed by atoms with E-state index in [9.17, 15) is 0 Å². The first-order valence-corrected chi connectivity index (χ1v) is 20.1. The molecular weight excluding hydrogens is 725 g/mol. The van der Waals surface area contributed by atoms with Crippen molar-refractivity contribution in [2.75, 3.05) is 0 Å². The van der Waals surface area contributed by atoms with Gasteiger partial charge in [0.2, 0.25) is 0 Å². The lowest BCUT2D eigenvalue weighted by Gasteiger charge is -2.15. The molecule has 3 heterocycles. The molecule has 0 spiro atoms. The third kappa shape index (κ3) is 5.66. The molecule has 0 aliphatic rings. The number of thiophene rings is 1. The molecule has 4 nitrogen and oxygen atoms in total. The summed E-state index contributed by atoms with van der Waals surface area (Å²) < 4.78 is 4.94. The van der Waals surface area contributed by atoms with Crippen molar-refractivity contribution in [1.82, 2.24) is 14.5 Å². The molecule has 0 fully saturated rings. The van der Waals surface area contributed by atoms with Crippen LogP contribution in [0.3, 0.4) is 0 Å². The summed E-state index contributed by atoms with van der Waals surface area (Å²) >= 11 is 1.85. The predicted octanol–water partition coefficient (Wildman–Crippen LogP) is 14.8. The fourth-order valence-corrected chi connectivity index (χ4v) is 9.56. The zero-order valence-electron chi connectivity index (χ0n) is 31.2. The van der Waals surface area contributed by atoms with Crippen LogP contribution in [-0.4, -0.2) is 14.5 Å². The quantitative estimate of drug-likeness (QED) is 0.158. The van der Waals surface area contributed by atoms with Crippen LogP contribution in [0.15, 0.2) is 194 Å². The Morgan fingerprint density at radius 3 is 1.83 bits per heavy atom. The lowest BCUT2D eigenvalue weighted by molar-refractivity contribution is 1.16. The molecule has 11 rings (SSSR count). The summed E-state index contributed by atoms with van der Waals surface area (Å²) in [5.41, 5.74) is 12.5. The van der Waals surface area contributed by atoms with E-state index in [1.165, 1.54) is 36.5 Å². The van der Waals surface area contributed by atoms with E-state index in [0.717, 1.165) is 61.5 Å². The fraction of sp³-hybridized carbons (Fsp3) is 0. The summed E-state index contributed by atoms with van der Waals surface area (Å²) in [5.74, 6) is 0.612. The van der Waals surface area contributed by atoms with E-state index in [-0.39, 0.29) is 0 Å². The van der Waals surface area contributed by atoms with E-state index in [1.54, 1.807) is 0 Å². The second kappa shape index (κ2) is 13.8. The van der Waals surface area contributed by atoms with Gasteiger partial charge in [-0.3, -0.25) is 0 Å². The average Bonchev–Trinajstić information content (AvgIpc) is 3.85. The molecule has 0 bridgehead atoms. The number of rotatable bonds is 6. The summed E-state index contributed by atoms with van der Waals surface area (Å²) in [5, 5.41) is 4.91. The molecule has 3 aromatic heterocycles. The van der Waals surface area contributed by atoms with Crippen LogP contribution >= 0.6 is 11.3 Å². The van der Waals surface area contributed by atoms with Crippen LogP contribution in [0.25, 0.3) is 109 Å². The number of fused-ring (bicyclic) bond motifs is 6. The third-order valence-electron chi connectivity index (χ3n) is 11.0. The van der Waals surface area contributed by atoms with Crippen molar-refractivity contribution in [2.45, 2.75) is 0 Å². The highest BCUT2D eigenvalue weighted by atomic mass is 32.1. The Kier molecular flexibility index (Phi) is 8.03. The Morgan fingerprint density at radius 2 is 1.05 bits per heavy atom. The minimum absolute atomic E-state index is 0.593. The van der Waals surface area contributed by atoms with Crippen LogP contribution in [0.1, 0.15) is 0 Å². The van der Waals surface area contributed by atoms with Crippen molar-refractivity contribution in [3.63, 3.8) is 0 Å². The largest absolute Gasteiger partial charge is 0.309 e. The first kappa shape index (κ1) is 33.7. The van der Waals surface area contributed by atoms with Crippen LogP contribution in [0, 0.1) is 6.57 Å². The first-order valence-electron chi connectivity index (χ1n) is 19.3. The molecular formula is C53H32N4S. The highest BCUT2D eigenvalue weighted by Crippen LogP contribution is 2.43. The molecule has 11 aromatic rings. The van der Waals surface area contributed by atoms with Crippen molar-refractivity contribution in [2.24, 2.45) is 0 Å². The van der Waals surface area contributed by atoms with Gasteiger partial charge in [0.25, 0.3) is 0 Å². The Hall–Kier alpha value is -7.65. The average molecular weight is 757 g/mol. The van der Waals surface area contributed by atoms with Gasteiger partial charge < -0.3 is 4.57 Å². The smallest absolute Gasteiger partial charge is 0.194 e. The van der Waals surface area contributed by atoms with Gasteiger partial charge in [-0.2, -0.15) is 0 Å². The molecule has 5 heteroatoms. The highest BCUT2D eigenvalue weighted by molar-refractivity contribution is 7.26. The molecule has 0 amide bonds. The molecule has 270 valence electrons. The van der Waals surface area contributed by atoms with Crippen molar-refractivity contribution in [3.8, 4) is 61.8 Å². The maximum Gasteiger partial charge on any atom is 0.194 e. The van der Waals surface area contributed by atoms with Gasteiger partial charge in [-0.15, -0.1) is 11.3 Å². The van der Waals surface area contributed by atoms with E-state index in [1.807, 2.05) is 72.0 Å². The maximum atomic E-state index is 8.10. The van der Waals surface area contributed by atoms with Gasteiger partial charge in [0.05, 0.1) is 29.0 Å². The summed E-state index contributed by atoms with van der Waals surface area (Å²) in [7, 11) is 0. The Morgan fingerprint density at radius 1 is 0.431 bits per heavy atom. The fourth-order valence-electron chi connectivity index (χ4n) is 8.32. The second-order valence-corrected chi connectivity index (χ2v) is 15.5. The molecule has 0 unspecified atom stereocenters. The Bertz CT molecular complexity index is 3350. The molecule has 0 aliphatic heterocycles. The van der Waals surface area contributed by atoms with E-state index in [4.69, 9.17) is 16.5 Å². The van der Waals surface area contributed by atoms with Crippen LogP contribution in [0.4, 0.5) is 5.69 Å². The molecule has 0 saturated heterocycles. The maximum absolute atomic E-state index is 8.10. The minimum atomic E-state index is 0.593. The Balaban J connectivity index is 1.19. The van der Waals surface area contributed by atoms with Gasteiger partial charge in [0, 0.05) is 53.3 Å². The molecule has 0 saturated carbocycles. The summed E-state index contributed by atoms with van der Waals surface area (Å²) in [6.07, 6.45) is 0. The summed E-state index contributed by atoms with van der Waals surface area (Å²) in [6, 6.07) is 67.8. The van der Waals surface area contributed by atoms with Crippen LogP contribution in [0.5, 0.6) is 0 Å². The molecule has 0 aliphatic carbocycles. The van der Waals surface area contributed by atoms with Gasteiger partial charge in [0.15, 0.2) is 11.5 Å². The SMILES string of the molecule is [C-]#[N+]c1ccccc1-c1cc(-c2nc(-c3ccccc3)cc(-c3ccccc3)n2)cc(-n2c3ccccc3c3ccc(-c4cccc5c4sc4ccccc45)cc32)c1. The zero-order chi connectivity index (χ0) is 38.6. The predicted molar refractivity (Wildman–Crippen MR) is 243 cm³/mol. The van der Waals surface area contributed by atoms with Crippen LogP contribution in [0.2, 0.25) is 0 Å². The number of hydrogen-bond acceptors (Lipinski definition) is 3. The van der Waals surface area contributed by atoms with Gasteiger partial charge in [-0.1, -0.05) is 152 Å². The van der Waals surface area contributed by atoms with E-state index >= 15 is 0 Å². The number of aromatic nitrogens is 3. The second-order valence-electron chi connectivity index (χ2n) is 14.5. The van der Waals surface area contributed by atoms with Crippen molar-refractivity contribution in [3.05, 3.63) is 206 Å². The van der Waals surface area contributed by atoms with Crippen LogP contribution in [-0.2, 0) is 0 Å². The standard InChI is InChI=1S/C53H32N4S/c1-54-46-24-11-8-19-40(46)37-29-38(53-55-47(34-15-4-2-5-16-34)33-48(56-53)35-17-6-3-7-18-35)31-39(30-37)57-49-25-12-9-20-42(49)43-28-27-36(32-50(43)57)41-22-14-23-45-44-21-10-13-26-51(44)58-52(41)45/h2-33H. The van der Waals surface area contributed by atoms with E-state index in [2.05, 4.69) is 143 Å². The molecule has 0 N–H and O–H groups in total. The number of benzene rings is 8. The lowest BCUT2D eigenvalue weighted by atomic mass is 9.99. The first-order chi connectivity index (χ1) is 28.7. The van der Waals surface area contributed by atoms with Crippen molar-refractivity contribution < 1.29 is 0 Å². The normalized spacial score (nSPS) is 11.4. The lowest BCUT2D eigenvalue weighted by Crippen LogP contribution is -1.99. The Labute approximate surface area is 339 Å². The topological polar surface area (TPSA) is 35.1 Å².